The average Bonchev–Trinajstić information content (AvgIpc) is 2.42. The minimum atomic E-state index is -0.402. The van der Waals surface area contributed by atoms with Gasteiger partial charge in [0.1, 0.15) is 18.2 Å². The highest BCUT2D eigenvalue weighted by Crippen LogP contribution is 2.32. The van der Waals surface area contributed by atoms with Gasteiger partial charge in [-0.15, -0.1) is 0 Å². The number of halogens is 1. The number of benzene rings is 1. The van der Waals surface area contributed by atoms with Gasteiger partial charge in [-0.3, -0.25) is 0 Å². The maximum Gasteiger partial charge on any atom is 0.142 e. The third-order valence-corrected chi connectivity index (χ3v) is 4.10. The van der Waals surface area contributed by atoms with Crippen molar-refractivity contribution >= 4 is 0 Å². The number of aliphatic hydroxyl groups is 1. The van der Waals surface area contributed by atoms with E-state index in [9.17, 15) is 4.39 Å². The third kappa shape index (κ3) is 3.74. The fourth-order valence-electron chi connectivity index (χ4n) is 2.60. The van der Waals surface area contributed by atoms with Crippen LogP contribution in [0.25, 0.3) is 0 Å². The van der Waals surface area contributed by atoms with Crippen LogP contribution in [0.4, 0.5) is 4.39 Å². The zero-order valence-corrected chi connectivity index (χ0v) is 12.0. The molecule has 0 bridgehead atoms. The molecule has 2 rings (SSSR count). The fourth-order valence-corrected chi connectivity index (χ4v) is 2.60. The molecule has 0 saturated heterocycles. The zero-order valence-electron chi connectivity index (χ0n) is 12.0. The van der Waals surface area contributed by atoms with Crippen molar-refractivity contribution in [1.82, 2.24) is 0 Å². The second-order valence-corrected chi connectivity index (χ2v) is 5.61. The highest BCUT2D eigenvalue weighted by Gasteiger charge is 2.25. The maximum absolute atomic E-state index is 13.8. The summed E-state index contributed by atoms with van der Waals surface area (Å²) in [6.45, 7) is 4.25. The smallest absolute Gasteiger partial charge is 0.142 e. The summed E-state index contributed by atoms with van der Waals surface area (Å²) in [7, 11) is 0. The Balaban J connectivity index is 2.02. The molecule has 1 aliphatic carbocycles. The van der Waals surface area contributed by atoms with Gasteiger partial charge >= 0.3 is 0 Å². The fraction of sp³-hybridized carbons (Fsp3) is 0.529. The molecule has 3 heteroatoms. The van der Waals surface area contributed by atoms with E-state index in [1.54, 1.807) is 12.1 Å². The van der Waals surface area contributed by atoms with Gasteiger partial charge in [-0.1, -0.05) is 25.7 Å². The Labute approximate surface area is 120 Å². The van der Waals surface area contributed by atoms with Crippen LogP contribution in [0.3, 0.4) is 0 Å². The van der Waals surface area contributed by atoms with E-state index in [4.69, 9.17) is 9.84 Å². The molecule has 0 spiro atoms. The van der Waals surface area contributed by atoms with Crippen LogP contribution in [-0.2, 0) is 0 Å². The lowest BCUT2D eigenvalue weighted by atomic mass is 9.80. The predicted octanol–water partition coefficient (Wildman–Crippen LogP) is 3.37. The summed E-state index contributed by atoms with van der Waals surface area (Å²) in [5, 5.41) is 8.61. The Bertz CT molecular complexity index is 515. The Morgan fingerprint density at radius 1 is 1.30 bits per heavy atom. The molecule has 1 N–H and O–H groups in total. The molecule has 1 aromatic carbocycles. The second-order valence-electron chi connectivity index (χ2n) is 5.61. The average molecular weight is 276 g/mol. The zero-order chi connectivity index (χ0) is 14.5. The van der Waals surface area contributed by atoms with Crippen LogP contribution in [0.5, 0.6) is 5.75 Å². The molecular formula is C17H21FO2. The molecule has 0 radical (unpaired) electrons. The number of hydrogen-bond acceptors (Lipinski definition) is 2. The summed E-state index contributed by atoms with van der Waals surface area (Å²) < 4.78 is 19.7. The van der Waals surface area contributed by atoms with Crippen LogP contribution in [-0.4, -0.2) is 17.8 Å². The molecule has 3 unspecified atom stereocenters. The molecule has 20 heavy (non-hydrogen) atoms. The van der Waals surface area contributed by atoms with Crippen LogP contribution in [0.1, 0.15) is 38.7 Å². The maximum atomic E-state index is 13.8. The van der Waals surface area contributed by atoms with E-state index in [2.05, 4.69) is 25.7 Å². The quantitative estimate of drug-likeness (QED) is 0.839. The van der Waals surface area contributed by atoms with E-state index in [1.807, 2.05) is 0 Å². The molecule has 3 atom stereocenters. The van der Waals surface area contributed by atoms with Crippen molar-refractivity contribution in [3.63, 3.8) is 0 Å². The second kappa shape index (κ2) is 6.76. The first kappa shape index (κ1) is 14.9. The predicted molar refractivity (Wildman–Crippen MR) is 77.0 cm³/mol. The SMILES string of the molecule is CC1CCC(Oc2ccc(C#CCO)c(F)c2)CC1C. The van der Waals surface area contributed by atoms with Crippen LogP contribution < -0.4 is 4.74 Å². The molecule has 1 aliphatic rings. The number of ether oxygens (including phenoxy) is 1. The van der Waals surface area contributed by atoms with Crippen molar-refractivity contribution in [2.24, 2.45) is 11.8 Å². The highest BCUT2D eigenvalue weighted by atomic mass is 19.1. The van der Waals surface area contributed by atoms with Crippen LogP contribution in [0, 0.1) is 29.5 Å². The summed E-state index contributed by atoms with van der Waals surface area (Å²) >= 11 is 0. The molecule has 1 saturated carbocycles. The van der Waals surface area contributed by atoms with Crippen LogP contribution >= 0.6 is 0 Å². The van der Waals surface area contributed by atoms with E-state index in [0.717, 1.165) is 25.2 Å². The van der Waals surface area contributed by atoms with Crippen molar-refractivity contribution in [1.29, 1.82) is 0 Å². The van der Waals surface area contributed by atoms with Crippen LogP contribution in [0.15, 0.2) is 18.2 Å². The molecule has 2 nitrogen and oxygen atoms in total. The van der Waals surface area contributed by atoms with Gasteiger partial charge in [0.2, 0.25) is 0 Å². The molecule has 1 fully saturated rings. The lowest BCUT2D eigenvalue weighted by Crippen LogP contribution is -2.28. The van der Waals surface area contributed by atoms with E-state index in [0.29, 0.717) is 11.7 Å². The van der Waals surface area contributed by atoms with Crippen molar-refractivity contribution in [2.75, 3.05) is 6.61 Å². The molecule has 0 amide bonds. The minimum Gasteiger partial charge on any atom is -0.490 e. The van der Waals surface area contributed by atoms with Crippen molar-refractivity contribution in [2.45, 2.75) is 39.2 Å². The van der Waals surface area contributed by atoms with Crippen molar-refractivity contribution < 1.29 is 14.2 Å². The van der Waals surface area contributed by atoms with Gasteiger partial charge in [0.25, 0.3) is 0 Å². The Hall–Kier alpha value is -1.53. The first-order valence-corrected chi connectivity index (χ1v) is 7.16. The van der Waals surface area contributed by atoms with E-state index in [-0.39, 0.29) is 18.3 Å². The molecule has 0 aliphatic heterocycles. The summed E-state index contributed by atoms with van der Waals surface area (Å²) in [4.78, 5) is 0. The molecule has 0 heterocycles. The van der Waals surface area contributed by atoms with Crippen LogP contribution in [0.2, 0.25) is 0 Å². The number of aliphatic hydroxyl groups excluding tert-OH is 1. The molecule has 0 aromatic heterocycles. The normalized spacial score (nSPS) is 25.7. The first-order chi connectivity index (χ1) is 9.60. The molecular weight excluding hydrogens is 255 g/mol. The summed E-state index contributed by atoms with van der Waals surface area (Å²) in [6.07, 6.45) is 3.39. The molecule has 108 valence electrons. The number of hydrogen-bond donors (Lipinski definition) is 1. The first-order valence-electron chi connectivity index (χ1n) is 7.16. The largest absolute Gasteiger partial charge is 0.490 e. The van der Waals surface area contributed by atoms with Gasteiger partial charge in [-0.05, 0) is 43.2 Å². The lowest BCUT2D eigenvalue weighted by Gasteiger charge is -2.32. The Kier molecular flexibility index (Phi) is 5.03. The minimum absolute atomic E-state index is 0.176. The van der Waals surface area contributed by atoms with Gasteiger partial charge in [0, 0.05) is 6.07 Å². The van der Waals surface area contributed by atoms with Gasteiger partial charge in [-0.2, -0.15) is 0 Å². The van der Waals surface area contributed by atoms with E-state index in [1.165, 1.54) is 6.07 Å². The summed E-state index contributed by atoms with van der Waals surface area (Å²) in [6, 6.07) is 4.72. The Morgan fingerprint density at radius 3 is 2.75 bits per heavy atom. The highest BCUT2D eigenvalue weighted by molar-refractivity contribution is 5.39. The van der Waals surface area contributed by atoms with Crippen molar-refractivity contribution in [3.8, 4) is 17.6 Å². The van der Waals surface area contributed by atoms with Gasteiger partial charge in [-0.25, -0.2) is 4.39 Å². The van der Waals surface area contributed by atoms with Gasteiger partial charge in [0.15, 0.2) is 0 Å². The van der Waals surface area contributed by atoms with Gasteiger partial charge < -0.3 is 9.84 Å². The third-order valence-electron chi connectivity index (χ3n) is 4.10. The van der Waals surface area contributed by atoms with E-state index >= 15 is 0 Å². The molecule has 1 aromatic rings. The standard InChI is InChI=1S/C17H21FO2/c1-12-5-7-15(10-13(12)2)20-16-8-6-14(4-3-9-19)17(18)11-16/h6,8,11-13,15,19H,5,7,9-10H2,1-2H3. The van der Waals surface area contributed by atoms with Gasteiger partial charge in [0.05, 0.1) is 11.7 Å². The lowest BCUT2D eigenvalue weighted by molar-refractivity contribution is 0.100. The van der Waals surface area contributed by atoms with Crippen molar-refractivity contribution in [3.05, 3.63) is 29.6 Å². The van der Waals surface area contributed by atoms with E-state index < -0.39 is 5.82 Å². The summed E-state index contributed by atoms with van der Waals surface area (Å²) in [5.41, 5.74) is 0.289. The Morgan fingerprint density at radius 2 is 2.10 bits per heavy atom. The number of rotatable bonds is 2. The monoisotopic (exact) mass is 276 g/mol. The topological polar surface area (TPSA) is 29.5 Å². The summed E-state index contributed by atoms with van der Waals surface area (Å²) in [5.74, 6) is 6.56.